The molecular weight excluding hydrogens is 715 g/mol. The lowest BCUT2D eigenvalue weighted by Gasteiger charge is -2.26. The van der Waals surface area contributed by atoms with Crippen LogP contribution in [0.5, 0.6) is 5.75 Å². The smallest absolute Gasteiger partial charge is 0.446 e. The van der Waals surface area contributed by atoms with Crippen molar-refractivity contribution in [3.8, 4) is 5.75 Å². The number of carbonyl (C=O) groups excluding carboxylic acids is 3. The van der Waals surface area contributed by atoms with E-state index in [4.69, 9.17) is 32.5 Å². The maximum absolute atomic E-state index is 13.3. The normalized spacial score (nSPS) is 14.8. The van der Waals surface area contributed by atoms with Gasteiger partial charge in [-0.05, 0) is 61.2 Å². The number of nitrogens with one attached hydrogen (secondary N) is 2. The summed E-state index contributed by atoms with van der Waals surface area (Å²) in [6, 6.07) is 11.6. The molecule has 1 unspecified atom stereocenters. The van der Waals surface area contributed by atoms with Crippen LogP contribution < -0.4 is 26.8 Å². The lowest BCUT2D eigenvalue weighted by atomic mass is 10.1. The Morgan fingerprint density at radius 2 is 1.82 bits per heavy atom. The lowest BCUT2D eigenvalue weighted by Crippen LogP contribution is -2.40. The van der Waals surface area contributed by atoms with Crippen molar-refractivity contribution in [3.63, 3.8) is 0 Å². The molecule has 274 valence electrons. The summed E-state index contributed by atoms with van der Waals surface area (Å²) in [6.45, 7) is 2.21. The second-order valence-corrected chi connectivity index (χ2v) is 12.8. The maximum atomic E-state index is 13.3. The van der Waals surface area contributed by atoms with Gasteiger partial charge < -0.3 is 31.0 Å². The first kappa shape index (κ1) is 39.1. The number of ether oxygens (including phenoxy) is 3. The summed E-state index contributed by atoms with van der Waals surface area (Å²) < 4.78 is 52.1. The van der Waals surface area contributed by atoms with Crippen LogP contribution in [0.2, 0.25) is 5.02 Å². The van der Waals surface area contributed by atoms with Crippen molar-refractivity contribution >= 4 is 45.9 Å². The Morgan fingerprint density at radius 1 is 1.06 bits per heavy atom. The highest BCUT2D eigenvalue weighted by Gasteiger charge is 2.31. The molecule has 3 aromatic rings. The number of carbonyl (C=O) groups is 3. The van der Waals surface area contributed by atoms with Gasteiger partial charge in [-0.1, -0.05) is 47.2 Å². The summed E-state index contributed by atoms with van der Waals surface area (Å²) >= 11 is 7.34. The number of amides is 2. The molecule has 13 nitrogen and oxygen atoms in total. The van der Waals surface area contributed by atoms with Gasteiger partial charge in [0.1, 0.15) is 16.6 Å². The second kappa shape index (κ2) is 19.1. The van der Waals surface area contributed by atoms with Crippen molar-refractivity contribution in [2.24, 2.45) is 11.5 Å². The van der Waals surface area contributed by atoms with Crippen LogP contribution in [0.4, 0.5) is 18.3 Å². The van der Waals surface area contributed by atoms with E-state index in [9.17, 15) is 27.6 Å². The predicted octanol–water partition coefficient (Wildman–Crippen LogP) is 4.36. The molecule has 0 saturated carbocycles. The van der Waals surface area contributed by atoms with E-state index in [0.717, 1.165) is 12.1 Å². The number of rotatable bonds is 16. The van der Waals surface area contributed by atoms with E-state index >= 15 is 0 Å². The molecule has 4 rings (SSSR count). The Morgan fingerprint density at radius 3 is 2.57 bits per heavy atom. The van der Waals surface area contributed by atoms with E-state index in [1.165, 1.54) is 29.5 Å². The Kier molecular flexibility index (Phi) is 14.6. The number of anilines is 1. The van der Waals surface area contributed by atoms with Crippen molar-refractivity contribution in [1.82, 2.24) is 20.4 Å². The van der Waals surface area contributed by atoms with Crippen LogP contribution in [0.15, 0.2) is 72.2 Å². The molecule has 0 aliphatic carbocycles. The van der Waals surface area contributed by atoms with Gasteiger partial charge in [0.05, 0.1) is 26.2 Å². The third kappa shape index (κ3) is 14.2. The van der Waals surface area contributed by atoms with Crippen molar-refractivity contribution in [2.45, 2.75) is 44.6 Å². The number of morpholine rings is 1. The van der Waals surface area contributed by atoms with Gasteiger partial charge in [-0.3, -0.25) is 24.6 Å². The number of aromatic nitrogens is 2. The first-order chi connectivity index (χ1) is 24.3. The zero-order chi connectivity index (χ0) is 36.8. The standard InChI is InChI=1S/C33H37ClF3N7O6S/c34-23-7-4-6-22(19-23)30(49-29(46)20-44-13-15-48-16-14-44)31(47)41-32-43-42-28(51-32)10-2-1-8-24(38)11-12-26(39)40-27(45)18-21-5-3-9-25(17-21)50-33(35,36)37/h3-7,9,11-12,17,19,30H,1-2,8,10,13-16,18,20,38-39H2,(H,40,45)(H,41,43,47)/b24-11-,26-12+. The van der Waals surface area contributed by atoms with Crippen molar-refractivity contribution in [3.05, 3.63) is 93.4 Å². The van der Waals surface area contributed by atoms with Gasteiger partial charge in [0.2, 0.25) is 17.1 Å². The van der Waals surface area contributed by atoms with E-state index in [2.05, 4.69) is 25.6 Å². The number of allylic oxidation sites excluding steroid dienone is 3. The summed E-state index contributed by atoms with van der Waals surface area (Å²) in [4.78, 5) is 40.2. The number of esters is 1. The fourth-order valence-corrected chi connectivity index (χ4v) is 5.78. The fraction of sp³-hybridized carbons (Fsp3) is 0.364. The molecule has 1 fully saturated rings. The Labute approximate surface area is 300 Å². The number of benzene rings is 2. The largest absolute Gasteiger partial charge is 0.573 e. The highest BCUT2D eigenvalue weighted by Crippen LogP contribution is 2.26. The lowest BCUT2D eigenvalue weighted by molar-refractivity contribution is -0.274. The molecule has 0 bridgehead atoms. The van der Waals surface area contributed by atoms with Crippen molar-refractivity contribution < 1.29 is 41.8 Å². The van der Waals surface area contributed by atoms with Crippen LogP contribution in [-0.2, 0) is 36.7 Å². The maximum Gasteiger partial charge on any atom is 0.573 e. The summed E-state index contributed by atoms with van der Waals surface area (Å²) in [5.41, 5.74) is 13.1. The van der Waals surface area contributed by atoms with Crippen LogP contribution >= 0.6 is 22.9 Å². The number of hydrogen-bond acceptors (Lipinski definition) is 12. The van der Waals surface area contributed by atoms with E-state index < -0.39 is 36.0 Å². The monoisotopic (exact) mass is 751 g/mol. The molecule has 1 atom stereocenters. The molecule has 1 aliphatic rings. The molecule has 1 aromatic heterocycles. The van der Waals surface area contributed by atoms with Gasteiger partial charge in [0, 0.05) is 35.8 Å². The van der Waals surface area contributed by atoms with E-state index in [0.29, 0.717) is 78.8 Å². The first-order valence-electron chi connectivity index (χ1n) is 15.8. The minimum atomic E-state index is -4.84. The number of aryl methyl sites for hydroxylation is 1. The first-order valence-corrected chi connectivity index (χ1v) is 17.0. The van der Waals surface area contributed by atoms with Crippen molar-refractivity contribution in [2.75, 3.05) is 38.2 Å². The Balaban J connectivity index is 1.21. The van der Waals surface area contributed by atoms with Crippen LogP contribution in [-0.4, -0.2) is 72.1 Å². The highest BCUT2D eigenvalue weighted by molar-refractivity contribution is 7.15. The minimum Gasteiger partial charge on any atom is -0.446 e. The summed E-state index contributed by atoms with van der Waals surface area (Å²) in [6.07, 6.45) is -0.860. The molecule has 1 saturated heterocycles. The molecule has 18 heteroatoms. The third-order valence-electron chi connectivity index (χ3n) is 7.16. The van der Waals surface area contributed by atoms with Gasteiger partial charge in [-0.25, -0.2) is 0 Å². The summed E-state index contributed by atoms with van der Waals surface area (Å²) in [5.74, 6) is -2.10. The number of unbranched alkanes of at least 4 members (excludes halogenated alkanes) is 1. The predicted molar refractivity (Wildman–Crippen MR) is 183 cm³/mol. The molecular formula is C33H37ClF3N7O6S. The van der Waals surface area contributed by atoms with Gasteiger partial charge in [-0.15, -0.1) is 23.4 Å². The summed E-state index contributed by atoms with van der Waals surface area (Å²) in [7, 11) is 0. The molecule has 0 radical (unpaired) electrons. The Hall–Kier alpha value is -4.71. The average molecular weight is 752 g/mol. The van der Waals surface area contributed by atoms with Gasteiger partial charge in [0.25, 0.3) is 5.91 Å². The van der Waals surface area contributed by atoms with E-state index in [1.54, 1.807) is 30.3 Å². The number of hydrogen-bond donors (Lipinski definition) is 4. The molecule has 2 aromatic carbocycles. The molecule has 1 aliphatic heterocycles. The van der Waals surface area contributed by atoms with Crippen molar-refractivity contribution in [1.29, 1.82) is 0 Å². The SMILES string of the molecule is N/C(=C\C=C(/N)NC(=O)Cc1cccc(OC(F)(F)F)c1)CCCCc1nnc(NC(=O)C(OC(=O)CN2CCOCC2)c2cccc(Cl)c2)s1. The zero-order valence-electron chi connectivity index (χ0n) is 27.3. The van der Waals surface area contributed by atoms with Gasteiger partial charge in [0.15, 0.2) is 0 Å². The highest BCUT2D eigenvalue weighted by atomic mass is 35.5. The fourth-order valence-electron chi connectivity index (χ4n) is 4.80. The minimum absolute atomic E-state index is 0.0125. The molecule has 0 spiro atoms. The van der Waals surface area contributed by atoms with E-state index in [-0.39, 0.29) is 23.9 Å². The molecule has 6 N–H and O–H groups in total. The number of halogens is 4. The second-order valence-electron chi connectivity index (χ2n) is 11.3. The Bertz CT molecular complexity index is 1720. The van der Waals surface area contributed by atoms with Crippen LogP contribution in [0.25, 0.3) is 0 Å². The number of nitrogens with zero attached hydrogens (tertiary/aromatic N) is 3. The molecule has 2 amide bonds. The molecule has 2 heterocycles. The van der Waals surface area contributed by atoms with Crippen LogP contribution in [0, 0.1) is 0 Å². The van der Waals surface area contributed by atoms with Gasteiger partial charge in [-0.2, -0.15) is 0 Å². The van der Waals surface area contributed by atoms with Gasteiger partial charge >= 0.3 is 12.3 Å². The van der Waals surface area contributed by atoms with E-state index in [1.807, 2.05) is 4.90 Å². The van der Waals surface area contributed by atoms with Crippen LogP contribution in [0.1, 0.15) is 41.5 Å². The summed E-state index contributed by atoms with van der Waals surface area (Å²) in [5, 5.41) is 14.7. The third-order valence-corrected chi connectivity index (χ3v) is 8.29. The quantitative estimate of drug-likeness (QED) is 0.0927. The average Bonchev–Trinajstić information content (AvgIpc) is 3.51. The topological polar surface area (TPSA) is 184 Å². The number of nitrogens with two attached hydrogens (primary N) is 2. The zero-order valence-corrected chi connectivity index (χ0v) is 28.9. The number of alkyl halides is 3. The van der Waals surface area contributed by atoms with Crippen LogP contribution in [0.3, 0.4) is 0 Å². The molecule has 51 heavy (non-hydrogen) atoms.